The lowest BCUT2D eigenvalue weighted by atomic mass is 10.2. The Morgan fingerprint density at radius 3 is 2.79 bits per heavy atom. The minimum absolute atomic E-state index is 0.0511. The van der Waals surface area contributed by atoms with Crippen LogP contribution in [0.5, 0.6) is 0 Å². The number of rotatable bonds is 3. The van der Waals surface area contributed by atoms with Crippen molar-refractivity contribution in [2.45, 2.75) is 0 Å². The third-order valence-electron chi connectivity index (χ3n) is 2.23. The second kappa shape index (κ2) is 7.13. The Bertz CT molecular complexity index is 529. The molecule has 0 aliphatic carbocycles. The minimum atomic E-state index is -0.362. The van der Waals surface area contributed by atoms with Crippen molar-refractivity contribution in [1.29, 1.82) is 0 Å². The Kier molecular flexibility index (Phi) is 5.51. The van der Waals surface area contributed by atoms with Crippen molar-refractivity contribution in [2.24, 2.45) is 5.73 Å². The molecule has 0 aliphatic rings. The van der Waals surface area contributed by atoms with Crippen LogP contribution in [-0.4, -0.2) is 48.9 Å². The third-order valence-corrected chi connectivity index (χ3v) is 2.23. The van der Waals surface area contributed by atoms with Crippen LogP contribution in [0.25, 0.3) is 0 Å². The topological polar surface area (TPSA) is 88.3 Å². The molecule has 0 fully saturated rings. The van der Waals surface area contributed by atoms with Gasteiger partial charge in [-0.2, -0.15) is 0 Å². The first-order valence-electron chi connectivity index (χ1n) is 5.67. The van der Waals surface area contributed by atoms with Gasteiger partial charge in [0, 0.05) is 32.1 Å². The molecule has 100 valence electrons. The summed E-state index contributed by atoms with van der Waals surface area (Å²) in [5.74, 6) is 4.93. The van der Waals surface area contributed by atoms with Gasteiger partial charge in [0.15, 0.2) is 0 Å². The SMILES string of the molecule is CN(C)C(=O)CNC(=O)c1cncc(C#CCN)c1. The van der Waals surface area contributed by atoms with E-state index >= 15 is 0 Å². The summed E-state index contributed by atoms with van der Waals surface area (Å²) in [5.41, 5.74) is 6.23. The number of aromatic nitrogens is 1. The van der Waals surface area contributed by atoms with E-state index in [2.05, 4.69) is 22.1 Å². The van der Waals surface area contributed by atoms with E-state index in [-0.39, 0.29) is 24.9 Å². The maximum Gasteiger partial charge on any atom is 0.253 e. The molecule has 6 heteroatoms. The maximum absolute atomic E-state index is 11.8. The molecule has 2 amide bonds. The number of nitrogens with one attached hydrogen (secondary N) is 1. The molecule has 0 unspecified atom stereocenters. The average molecular weight is 260 g/mol. The van der Waals surface area contributed by atoms with E-state index in [0.717, 1.165) is 0 Å². The van der Waals surface area contributed by atoms with Crippen LogP contribution < -0.4 is 11.1 Å². The Balaban J connectivity index is 2.69. The summed E-state index contributed by atoms with van der Waals surface area (Å²) in [6.07, 6.45) is 2.97. The van der Waals surface area contributed by atoms with Gasteiger partial charge in [-0.1, -0.05) is 11.8 Å². The summed E-state index contributed by atoms with van der Waals surface area (Å²) in [6, 6.07) is 1.60. The van der Waals surface area contributed by atoms with Crippen LogP contribution in [0.1, 0.15) is 15.9 Å². The number of carbonyl (C=O) groups excluding carboxylic acids is 2. The molecule has 0 saturated carbocycles. The minimum Gasteiger partial charge on any atom is -0.347 e. The van der Waals surface area contributed by atoms with Gasteiger partial charge < -0.3 is 16.0 Å². The molecule has 1 heterocycles. The van der Waals surface area contributed by atoms with Gasteiger partial charge in [0.1, 0.15) is 0 Å². The van der Waals surface area contributed by atoms with Gasteiger partial charge in [-0.3, -0.25) is 14.6 Å². The van der Waals surface area contributed by atoms with Crippen molar-refractivity contribution >= 4 is 11.8 Å². The lowest BCUT2D eigenvalue weighted by Gasteiger charge is -2.10. The number of carbonyl (C=O) groups is 2. The molecule has 6 nitrogen and oxygen atoms in total. The van der Waals surface area contributed by atoms with Gasteiger partial charge >= 0.3 is 0 Å². The molecule has 0 radical (unpaired) electrons. The zero-order valence-electron chi connectivity index (χ0n) is 10.9. The van der Waals surface area contributed by atoms with Crippen LogP contribution in [0.2, 0.25) is 0 Å². The van der Waals surface area contributed by atoms with E-state index in [9.17, 15) is 9.59 Å². The fourth-order valence-electron chi connectivity index (χ4n) is 1.20. The number of amides is 2. The first-order valence-corrected chi connectivity index (χ1v) is 5.67. The van der Waals surface area contributed by atoms with Gasteiger partial charge in [0.2, 0.25) is 5.91 Å². The number of hydrogen-bond acceptors (Lipinski definition) is 4. The zero-order chi connectivity index (χ0) is 14.3. The molecule has 1 aromatic rings. The molecular formula is C13H16N4O2. The summed E-state index contributed by atoms with van der Waals surface area (Å²) < 4.78 is 0. The van der Waals surface area contributed by atoms with E-state index < -0.39 is 0 Å². The lowest BCUT2D eigenvalue weighted by Crippen LogP contribution is -2.36. The van der Waals surface area contributed by atoms with Gasteiger partial charge in [-0.15, -0.1) is 0 Å². The average Bonchev–Trinajstić information content (AvgIpc) is 2.42. The fourth-order valence-corrected chi connectivity index (χ4v) is 1.20. The largest absolute Gasteiger partial charge is 0.347 e. The molecule has 0 aliphatic heterocycles. The highest BCUT2D eigenvalue weighted by Crippen LogP contribution is 2.01. The molecular weight excluding hydrogens is 244 g/mol. The van der Waals surface area contributed by atoms with E-state index in [1.165, 1.54) is 11.1 Å². The van der Waals surface area contributed by atoms with Crippen molar-refractivity contribution in [1.82, 2.24) is 15.2 Å². The van der Waals surface area contributed by atoms with E-state index in [0.29, 0.717) is 11.1 Å². The van der Waals surface area contributed by atoms with Crippen LogP contribution in [0.4, 0.5) is 0 Å². The first-order chi connectivity index (χ1) is 9.04. The summed E-state index contributed by atoms with van der Waals surface area (Å²) in [4.78, 5) is 28.5. The zero-order valence-corrected chi connectivity index (χ0v) is 10.9. The molecule has 3 N–H and O–H groups in total. The Labute approximate surface area is 112 Å². The van der Waals surface area contributed by atoms with Gasteiger partial charge in [0.25, 0.3) is 5.91 Å². The van der Waals surface area contributed by atoms with Crippen LogP contribution in [-0.2, 0) is 4.79 Å². The summed E-state index contributed by atoms with van der Waals surface area (Å²) >= 11 is 0. The second-order valence-electron chi connectivity index (χ2n) is 3.94. The van der Waals surface area contributed by atoms with Crippen LogP contribution in [0, 0.1) is 11.8 Å². The monoisotopic (exact) mass is 260 g/mol. The van der Waals surface area contributed by atoms with Crippen molar-refractivity contribution in [2.75, 3.05) is 27.2 Å². The van der Waals surface area contributed by atoms with Crippen LogP contribution >= 0.6 is 0 Å². The van der Waals surface area contributed by atoms with Gasteiger partial charge in [-0.25, -0.2) is 0 Å². The van der Waals surface area contributed by atoms with E-state index in [1.54, 1.807) is 26.4 Å². The summed E-state index contributed by atoms with van der Waals surface area (Å²) in [6.45, 7) is 0.193. The highest BCUT2D eigenvalue weighted by Gasteiger charge is 2.09. The highest BCUT2D eigenvalue weighted by atomic mass is 16.2. The predicted octanol–water partition coefficient (Wildman–Crippen LogP) is -0.790. The van der Waals surface area contributed by atoms with Crippen molar-refractivity contribution in [3.63, 3.8) is 0 Å². The van der Waals surface area contributed by atoms with Crippen molar-refractivity contribution in [3.8, 4) is 11.8 Å². The molecule has 1 aromatic heterocycles. The Hall–Kier alpha value is -2.39. The van der Waals surface area contributed by atoms with Crippen molar-refractivity contribution in [3.05, 3.63) is 29.6 Å². The fraction of sp³-hybridized carbons (Fsp3) is 0.308. The van der Waals surface area contributed by atoms with Crippen molar-refractivity contribution < 1.29 is 9.59 Å². The summed E-state index contributed by atoms with van der Waals surface area (Å²) in [5, 5.41) is 2.52. The quantitative estimate of drug-likeness (QED) is 0.697. The normalized spacial score (nSPS) is 9.21. The molecule has 0 bridgehead atoms. The number of nitrogens with two attached hydrogens (primary N) is 1. The molecule has 0 spiro atoms. The lowest BCUT2D eigenvalue weighted by molar-refractivity contribution is -0.127. The second-order valence-corrected chi connectivity index (χ2v) is 3.94. The molecule has 0 atom stereocenters. The number of likely N-dealkylation sites (N-methyl/N-ethyl adjacent to an activating group) is 1. The van der Waals surface area contributed by atoms with Gasteiger partial charge in [-0.05, 0) is 6.07 Å². The summed E-state index contributed by atoms with van der Waals surface area (Å²) in [7, 11) is 3.25. The standard InChI is InChI=1S/C13H16N4O2/c1-17(2)12(18)9-16-13(19)11-6-10(4-3-5-14)7-15-8-11/h6-8H,5,9,14H2,1-2H3,(H,16,19). The smallest absolute Gasteiger partial charge is 0.253 e. The predicted molar refractivity (Wildman–Crippen MR) is 71.2 cm³/mol. The Morgan fingerprint density at radius 1 is 1.42 bits per heavy atom. The maximum atomic E-state index is 11.8. The number of nitrogens with zero attached hydrogens (tertiary/aromatic N) is 2. The van der Waals surface area contributed by atoms with Crippen LogP contribution in [0.3, 0.4) is 0 Å². The Morgan fingerprint density at radius 2 is 2.16 bits per heavy atom. The first kappa shape index (κ1) is 14.7. The number of pyridine rings is 1. The third kappa shape index (κ3) is 4.77. The van der Waals surface area contributed by atoms with E-state index in [4.69, 9.17) is 5.73 Å². The van der Waals surface area contributed by atoms with Crippen LogP contribution in [0.15, 0.2) is 18.5 Å². The number of hydrogen-bond donors (Lipinski definition) is 2. The van der Waals surface area contributed by atoms with Gasteiger partial charge in [0.05, 0.1) is 18.7 Å². The molecule has 1 rings (SSSR count). The molecule has 0 aromatic carbocycles. The highest BCUT2D eigenvalue weighted by molar-refractivity contribution is 5.96. The van der Waals surface area contributed by atoms with E-state index in [1.807, 2.05) is 0 Å². The molecule has 0 saturated heterocycles. The molecule has 19 heavy (non-hydrogen) atoms.